The Hall–Kier alpha value is -3.00. The molecule has 25 heavy (non-hydrogen) atoms. The van der Waals surface area contributed by atoms with Gasteiger partial charge in [-0.25, -0.2) is 9.87 Å². The molecule has 0 spiro atoms. The monoisotopic (exact) mass is 358 g/mol. The predicted octanol–water partition coefficient (Wildman–Crippen LogP) is 2.86. The van der Waals surface area contributed by atoms with Gasteiger partial charge in [0.15, 0.2) is 0 Å². The van der Waals surface area contributed by atoms with E-state index >= 15 is 0 Å². The Labute approximate surface area is 138 Å². The molecule has 2 rings (SSSR count). The van der Waals surface area contributed by atoms with E-state index in [2.05, 4.69) is 14.7 Å². The zero-order valence-corrected chi connectivity index (χ0v) is 12.6. The molecule has 0 saturated heterocycles. The second kappa shape index (κ2) is 7.27. The van der Waals surface area contributed by atoms with Gasteiger partial charge in [0, 0.05) is 5.56 Å². The van der Waals surface area contributed by atoms with Crippen LogP contribution in [0.4, 0.5) is 17.6 Å². The summed E-state index contributed by atoms with van der Waals surface area (Å²) in [7, 11) is 0. The molecular formula is C14H10F4N4O3. The van der Waals surface area contributed by atoms with Crippen LogP contribution in [-0.2, 0) is 11.0 Å². The van der Waals surface area contributed by atoms with Crippen LogP contribution in [0.3, 0.4) is 0 Å². The minimum absolute atomic E-state index is 0.0149. The molecule has 0 aliphatic rings. The fourth-order valence-electron chi connectivity index (χ4n) is 1.67. The Morgan fingerprint density at radius 2 is 2.20 bits per heavy atom. The summed E-state index contributed by atoms with van der Waals surface area (Å²) < 4.78 is 55.3. The van der Waals surface area contributed by atoms with E-state index in [9.17, 15) is 22.4 Å². The van der Waals surface area contributed by atoms with E-state index < -0.39 is 41.3 Å². The van der Waals surface area contributed by atoms with Crippen molar-refractivity contribution in [2.75, 3.05) is 0 Å². The highest BCUT2D eigenvalue weighted by molar-refractivity contribution is 5.94. The number of carbonyl (C=O) groups excluding carboxylic acids is 1. The van der Waals surface area contributed by atoms with Crippen molar-refractivity contribution in [1.82, 2.24) is 15.6 Å². The van der Waals surface area contributed by atoms with Crippen LogP contribution >= 0.6 is 0 Å². The first-order valence-electron chi connectivity index (χ1n) is 6.76. The molecule has 0 bridgehead atoms. The summed E-state index contributed by atoms with van der Waals surface area (Å²) in [5.41, 5.74) is 1.46. The van der Waals surface area contributed by atoms with E-state index in [1.807, 2.05) is 11.5 Å². The number of hydroxylamine groups is 1. The number of amides is 1. The summed E-state index contributed by atoms with van der Waals surface area (Å²) in [6.07, 6.45) is -5.40. The number of nitrogens with zero attached hydrogens (tertiary/aromatic N) is 3. The van der Waals surface area contributed by atoms with E-state index in [1.54, 1.807) is 0 Å². The molecule has 0 aliphatic heterocycles. The number of benzene rings is 1. The average molecular weight is 358 g/mol. The molecule has 0 radical (unpaired) electrons. The predicted molar refractivity (Wildman–Crippen MR) is 72.9 cm³/mol. The third-order valence-corrected chi connectivity index (χ3v) is 2.87. The SMILES string of the molecule is CC(CC#N)ONC(=O)c1ccc(-c2noc(C(F)(F)F)n2)cc1F. The fraction of sp³-hybridized carbons (Fsp3) is 0.286. The Morgan fingerprint density at radius 1 is 1.48 bits per heavy atom. The number of nitrogens with one attached hydrogen (secondary N) is 1. The number of halogens is 4. The van der Waals surface area contributed by atoms with Crippen molar-refractivity contribution in [3.05, 3.63) is 35.5 Å². The number of nitriles is 1. The van der Waals surface area contributed by atoms with Crippen LogP contribution in [-0.4, -0.2) is 22.2 Å². The summed E-state index contributed by atoms with van der Waals surface area (Å²) in [6, 6.07) is 4.80. The van der Waals surface area contributed by atoms with Gasteiger partial charge in [-0.05, 0) is 19.1 Å². The summed E-state index contributed by atoms with van der Waals surface area (Å²) >= 11 is 0. The maximum atomic E-state index is 14.0. The fourth-order valence-corrected chi connectivity index (χ4v) is 1.67. The van der Waals surface area contributed by atoms with Crippen molar-refractivity contribution in [1.29, 1.82) is 5.26 Å². The zero-order chi connectivity index (χ0) is 18.6. The van der Waals surface area contributed by atoms with Crippen LogP contribution in [0.1, 0.15) is 29.6 Å². The number of alkyl halides is 3. The van der Waals surface area contributed by atoms with Gasteiger partial charge in [-0.1, -0.05) is 11.2 Å². The Kier molecular flexibility index (Phi) is 5.33. The Bertz CT molecular complexity index is 813. The highest BCUT2D eigenvalue weighted by Crippen LogP contribution is 2.29. The van der Waals surface area contributed by atoms with Crippen LogP contribution in [0.2, 0.25) is 0 Å². The molecule has 7 nitrogen and oxygen atoms in total. The normalized spacial score (nSPS) is 12.5. The zero-order valence-electron chi connectivity index (χ0n) is 12.6. The van der Waals surface area contributed by atoms with Crippen LogP contribution < -0.4 is 5.48 Å². The summed E-state index contributed by atoms with van der Waals surface area (Å²) in [5.74, 6) is -3.98. The molecule has 11 heteroatoms. The highest BCUT2D eigenvalue weighted by atomic mass is 19.4. The first kappa shape index (κ1) is 18.3. The number of rotatable bonds is 5. The van der Waals surface area contributed by atoms with Gasteiger partial charge in [0.05, 0.1) is 24.2 Å². The minimum Gasteiger partial charge on any atom is -0.329 e. The van der Waals surface area contributed by atoms with Gasteiger partial charge >= 0.3 is 12.1 Å². The van der Waals surface area contributed by atoms with E-state index in [4.69, 9.17) is 10.1 Å². The molecule has 1 aromatic carbocycles. The van der Waals surface area contributed by atoms with E-state index in [0.717, 1.165) is 18.2 Å². The molecule has 1 N–H and O–H groups in total. The number of aromatic nitrogens is 2. The summed E-state index contributed by atoms with van der Waals surface area (Å²) in [5, 5.41) is 11.6. The second-order valence-corrected chi connectivity index (χ2v) is 4.84. The number of carbonyl (C=O) groups is 1. The molecule has 2 aromatic rings. The second-order valence-electron chi connectivity index (χ2n) is 4.84. The van der Waals surface area contributed by atoms with Crippen LogP contribution in [0, 0.1) is 17.1 Å². The lowest BCUT2D eigenvalue weighted by molar-refractivity contribution is -0.159. The molecule has 132 valence electrons. The molecule has 1 amide bonds. The van der Waals surface area contributed by atoms with Gasteiger partial charge in [-0.2, -0.15) is 23.4 Å². The summed E-state index contributed by atoms with van der Waals surface area (Å²) in [4.78, 5) is 19.8. The number of hydrogen-bond donors (Lipinski definition) is 1. The maximum absolute atomic E-state index is 14.0. The van der Waals surface area contributed by atoms with Crippen molar-refractivity contribution in [3.8, 4) is 17.5 Å². The molecule has 1 heterocycles. The minimum atomic E-state index is -4.82. The molecule has 0 saturated carbocycles. The molecule has 1 atom stereocenters. The molecule has 1 unspecified atom stereocenters. The molecule has 1 aromatic heterocycles. The van der Waals surface area contributed by atoms with Gasteiger partial charge in [-0.3, -0.25) is 9.63 Å². The van der Waals surface area contributed by atoms with E-state index in [0.29, 0.717) is 0 Å². The topological polar surface area (TPSA) is 101 Å². The maximum Gasteiger partial charge on any atom is 0.471 e. The molecule has 0 fully saturated rings. The quantitative estimate of drug-likeness (QED) is 0.651. The highest BCUT2D eigenvalue weighted by Gasteiger charge is 2.38. The molecule has 0 aliphatic carbocycles. The lowest BCUT2D eigenvalue weighted by atomic mass is 10.1. The van der Waals surface area contributed by atoms with Crippen molar-refractivity contribution >= 4 is 5.91 Å². The van der Waals surface area contributed by atoms with Gasteiger partial charge in [0.2, 0.25) is 5.82 Å². The Balaban J connectivity index is 2.14. The third kappa shape index (κ3) is 4.51. The van der Waals surface area contributed by atoms with Crippen molar-refractivity contribution < 1.29 is 31.7 Å². The standard InChI is InChI=1S/C14H10F4N4O3/c1-7(4-5-19)24-22-12(23)9-3-2-8(6-10(9)15)11-20-13(25-21-11)14(16,17)18/h2-3,6-7H,4H2,1H3,(H,22,23). The van der Waals surface area contributed by atoms with Crippen molar-refractivity contribution in [3.63, 3.8) is 0 Å². The van der Waals surface area contributed by atoms with Gasteiger partial charge < -0.3 is 4.52 Å². The smallest absolute Gasteiger partial charge is 0.329 e. The summed E-state index contributed by atoms with van der Waals surface area (Å²) in [6.45, 7) is 1.53. The van der Waals surface area contributed by atoms with Crippen LogP contribution in [0.5, 0.6) is 0 Å². The largest absolute Gasteiger partial charge is 0.471 e. The van der Waals surface area contributed by atoms with E-state index in [-0.39, 0.29) is 12.0 Å². The lowest BCUT2D eigenvalue weighted by Gasteiger charge is -2.10. The van der Waals surface area contributed by atoms with Crippen molar-refractivity contribution in [2.45, 2.75) is 25.6 Å². The van der Waals surface area contributed by atoms with Crippen LogP contribution in [0.15, 0.2) is 22.7 Å². The van der Waals surface area contributed by atoms with E-state index in [1.165, 1.54) is 6.92 Å². The Morgan fingerprint density at radius 3 is 2.76 bits per heavy atom. The number of hydrogen-bond acceptors (Lipinski definition) is 6. The third-order valence-electron chi connectivity index (χ3n) is 2.87. The first-order chi connectivity index (χ1) is 11.7. The van der Waals surface area contributed by atoms with Gasteiger partial charge in [-0.15, -0.1) is 0 Å². The van der Waals surface area contributed by atoms with Gasteiger partial charge in [0.25, 0.3) is 5.91 Å². The average Bonchev–Trinajstić information content (AvgIpc) is 3.03. The lowest BCUT2D eigenvalue weighted by Crippen LogP contribution is -2.28. The van der Waals surface area contributed by atoms with Gasteiger partial charge in [0.1, 0.15) is 5.82 Å². The first-order valence-corrected chi connectivity index (χ1v) is 6.76. The van der Waals surface area contributed by atoms with Crippen LogP contribution in [0.25, 0.3) is 11.4 Å². The van der Waals surface area contributed by atoms with Crippen molar-refractivity contribution in [2.24, 2.45) is 0 Å². The molecular weight excluding hydrogens is 348 g/mol.